The van der Waals surface area contributed by atoms with E-state index in [2.05, 4.69) is 38.7 Å². The van der Waals surface area contributed by atoms with Gasteiger partial charge in [0.15, 0.2) is 0 Å². The largest absolute Gasteiger partial charge is 0.103 e. The number of hydrogen-bond donors (Lipinski definition) is 0. The molecule has 0 heteroatoms. The molecule has 0 bridgehead atoms. The van der Waals surface area contributed by atoms with Gasteiger partial charge in [0.2, 0.25) is 0 Å². The topological polar surface area (TPSA) is 0 Å². The molecule has 0 radical (unpaired) electrons. The van der Waals surface area contributed by atoms with Crippen molar-refractivity contribution in [2.45, 2.75) is 26.7 Å². The average molecular weight is 136 g/mol. The average Bonchev–Trinajstić information content (AvgIpc) is 1.98. The molecule has 0 aliphatic rings. The first-order valence-electron chi connectivity index (χ1n) is 3.77. The molecule has 0 aliphatic heterocycles. The maximum atomic E-state index is 3.68. The lowest BCUT2D eigenvalue weighted by molar-refractivity contribution is 1.20. The Morgan fingerprint density at radius 1 is 1.50 bits per heavy atom. The minimum absolute atomic E-state index is 0.979. The summed E-state index contributed by atoms with van der Waals surface area (Å²) in [6, 6.07) is 0. The molecule has 10 heavy (non-hydrogen) atoms. The molecule has 0 aromatic carbocycles. The lowest BCUT2D eigenvalue weighted by Gasteiger charge is -1.92. The molecule has 0 N–H and O–H groups in total. The molecule has 0 aliphatic carbocycles. The molecule has 0 amide bonds. The van der Waals surface area contributed by atoms with Gasteiger partial charge in [-0.3, -0.25) is 0 Å². The summed E-state index contributed by atoms with van der Waals surface area (Å²) in [6.45, 7) is 7.87. The summed E-state index contributed by atoms with van der Waals surface area (Å²) in [4.78, 5) is 0. The van der Waals surface area contributed by atoms with Crippen LogP contribution in [0.1, 0.15) is 26.7 Å². The van der Waals surface area contributed by atoms with E-state index < -0.39 is 0 Å². The predicted molar refractivity (Wildman–Crippen MR) is 48.0 cm³/mol. The molecule has 0 aromatic heterocycles. The maximum Gasteiger partial charge on any atom is -0.0104 e. The summed E-state index contributed by atoms with van der Waals surface area (Å²) < 4.78 is 0. The quantitative estimate of drug-likeness (QED) is 0.410. The zero-order chi connectivity index (χ0) is 7.82. The Labute approximate surface area is 64.0 Å². The van der Waals surface area contributed by atoms with Gasteiger partial charge in [-0.2, -0.15) is 0 Å². The Morgan fingerprint density at radius 2 is 2.20 bits per heavy atom. The van der Waals surface area contributed by atoms with Crippen LogP contribution >= 0.6 is 0 Å². The second kappa shape index (κ2) is 6.34. The third-order valence-corrected chi connectivity index (χ3v) is 1.32. The van der Waals surface area contributed by atoms with Gasteiger partial charge < -0.3 is 0 Å². The van der Waals surface area contributed by atoms with Crippen molar-refractivity contribution in [3.63, 3.8) is 0 Å². The summed E-state index contributed by atoms with van der Waals surface area (Å²) in [5.74, 6) is 0. The first kappa shape index (κ1) is 9.22. The first-order valence-corrected chi connectivity index (χ1v) is 3.77. The van der Waals surface area contributed by atoms with Crippen LogP contribution in [0.25, 0.3) is 0 Å². The Kier molecular flexibility index (Phi) is 5.85. The van der Waals surface area contributed by atoms with Crippen molar-refractivity contribution < 1.29 is 0 Å². The third-order valence-electron chi connectivity index (χ3n) is 1.32. The highest BCUT2D eigenvalue weighted by molar-refractivity contribution is 5.19. The Morgan fingerprint density at radius 3 is 2.60 bits per heavy atom. The van der Waals surface area contributed by atoms with Crippen LogP contribution in [0.15, 0.2) is 36.5 Å². The maximum absolute atomic E-state index is 3.68. The summed E-state index contributed by atoms with van der Waals surface area (Å²) in [5, 5.41) is 0. The van der Waals surface area contributed by atoms with Crippen LogP contribution in [0.2, 0.25) is 0 Å². The van der Waals surface area contributed by atoms with E-state index in [9.17, 15) is 0 Å². The van der Waals surface area contributed by atoms with Crippen LogP contribution in [-0.4, -0.2) is 0 Å². The molecule has 0 aromatic rings. The van der Waals surface area contributed by atoms with Gasteiger partial charge in [-0.1, -0.05) is 31.2 Å². The minimum atomic E-state index is 0.979. The van der Waals surface area contributed by atoms with Gasteiger partial charge in [0, 0.05) is 0 Å². The Balaban J connectivity index is 3.84. The highest BCUT2D eigenvalue weighted by atomic mass is 13.9. The van der Waals surface area contributed by atoms with E-state index in [0.717, 1.165) is 12.8 Å². The normalized spacial score (nSPS) is 12.4. The standard InChI is InChI=1S/C10H16/c1-4-7-9-10(6-3)8-5-2/h5-7,9H,2,4,8H2,1,3H3/b9-7-,10-6-. The van der Waals surface area contributed by atoms with Crippen molar-refractivity contribution >= 4 is 0 Å². The van der Waals surface area contributed by atoms with Crippen molar-refractivity contribution in [3.05, 3.63) is 36.5 Å². The molecule has 0 nitrogen and oxygen atoms in total. The van der Waals surface area contributed by atoms with Crippen LogP contribution in [0.3, 0.4) is 0 Å². The monoisotopic (exact) mass is 136 g/mol. The number of rotatable bonds is 4. The van der Waals surface area contributed by atoms with Crippen molar-refractivity contribution in [2.24, 2.45) is 0 Å². The van der Waals surface area contributed by atoms with Gasteiger partial charge in [-0.15, -0.1) is 6.58 Å². The summed E-state index contributed by atoms with van der Waals surface area (Å²) in [6.07, 6.45) is 10.4. The molecular formula is C10H16. The lowest BCUT2D eigenvalue weighted by atomic mass is 10.1. The predicted octanol–water partition coefficient (Wildman–Crippen LogP) is 3.48. The fourth-order valence-corrected chi connectivity index (χ4v) is 0.718. The van der Waals surface area contributed by atoms with Gasteiger partial charge in [-0.25, -0.2) is 0 Å². The minimum Gasteiger partial charge on any atom is -0.103 e. The summed E-state index contributed by atoms with van der Waals surface area (Å²) >= 11 is 0. The van der Waals surface area contributed by atoms with E-state index in [1.54, 1.807) is 0 Å². The Hall–Kier alpha value is -0.780. The van der Waals surface area contributed by atoms with Crippen LogP contribution in [-0.2, 0) is 0 Å². The molecule has 0 saturated heterocycles. The van der Waals surface area contributed by atoms with Crippen LogP contribution < -0.4 is 0 Å². The first-order chi connectivity index (χ1) is 4.85. The molecule has 0 atom stereocenters. The van der Waals surface area contributed by atoms with Crippen LogP contribution in [0, 0.1) is 0 Å². The van der Waals surface area contributed by atoms with Crippen LogP contribution in [0.4, 0.5) is 0 Å². The van der Waals surface area contributed by atoms with Gasteiger partial charge in [-0.05, 0) is 25.3 Å². The molecule has 56 valence electrons. The second-order valence-electron chi connectivity index (χ2n) is 2.17. The Bertz CT molecular complexity index is 138. The van der Waals surface area contributed by atoms with Crippen LogP contribution in [0.5, 0.6) is 0 Å². The van der Waals surface area contributed by atoms with E-state index >= 15 is 0 Å². The molecule has 0 saturated carbocycles. The molecular weight excluding hydrogens is 120 g/mol. The SMILES string of the molecule is C=CCC(/C=C\CC)=C/C. The fraction of sp³-hybridized carbons (Fsp3) is 0.400. The third kappa shape index (κ3) is 4.13. The van der Waals surface area contributed by atoms with Crippen molar-refractivity contribution in [1.29, 1.82) is 0 Å². The van der Waals surface area contributed by atoms with Gasteiger partial charge in [0.25, 0.3) is 0 Å². The molecule has 0 rings (SSSR count). The summed E-state index contributed by atoms with van der Waals surface area (Å²) in [7, 11) is 0. The van der Waals surface area contributed by atoms with Crippen molar-refractivity contribution in [2.75, 3.05) is 0 Å². The molecule has 0 fully saturated rings. The van der Waals surface area contributed by atoms with Crippen molar-refractivity contribution in [1.82, 2.24) is 0 Å². The highest BCUT2D eigenvalue weighted by Gasteiger charge is 1.83. The lowest BCUT2D eigenvalue weighted by Crippen LogP contribution is -1.72. The van der Waals surface area contributed by atoms with E-state index in [-0.39, 0.29) is 0 Å². The molecule has 0 spiro atoms. The van der Waals surface area contributed by atoms with Gasteiger partial charge in [0.05, 0.1) is 0 Å². The molecule has 0 heterocycles. The van der Waals surface area contributed by atoms with E-state index in [1.807, 2.05) is 6.08 Å². The van der Waals surface area contributed by atoms with Crippen molar-refractivity contribution in [3.8, 4) is 0 Å². The number of allylic oxidation sites excluding steroid dienone is 5. The molecule has 0 unspecified atom stereocenters. The summed E-state index contributed by atoms with van der Waals surface area (Å²) in [5.41, 5.74) is 1.34. The zero-order valence-electron chi connectivity index (χ0n) is 6.93. The van der Waals surface area contributed by atoms with E-state index in [0.29, 0.717) is 0 Å². The second-order valence-corrected chi connectivity index (χ2v) is 2.17. The zero-order valence-corrected chi connectivity index (χ0v) is 6.93. The highest BCUT2D eigenvalue weighted by Crippen LogP contribution is 2.03. The van der Waals surface area contributed by atoms with E-state index in [1.165, 1.54) is 5.57 Å². The number of hydrogen-bond acceptors (Lipinski definition) is 0. The van der Waals surface area contributed by atoms with Gasteiger partial charge in [0.1, 0.15) is 0 Å². The van der Waals surface area contributed by atoms with Gasteiger partial charge >= 0.3 is 0 Å². The smallest absolute Gasteiger partial charge is 0.0104 e. The fourth-order valence-electron chi connectivity index (χ4n) is 0.718. The van der Waals surface area contributed by atoms with E-state index in [4.69, 9.17) is 0 Å².